The molecule has 0 rings (SSSR count). The normalized spacial score (nSPS) is 10.0. The molecule has 0 atom stereocenters. The minimum absolute atomic E-state index is 0. The van der Waals surface area contributed by atoms with E-state index in [-0.39, 0.29) is 27.1 Å². The fourth-order valence-electron chi connectivity index (χ4n) is 0. The van der Waals surface area contributed by atoms with Crippen LogP contribution in [0, 0.1) is 12.3 Å². The Hall–Kier alpha value is 0.714. The molecule has 0 unspecified atom stereocenters. The number of rotatable bonds is 0. The Morgan fingerprint density at radius 1 is 1.17 bits per heavy atom. The van der Waals surface area contributed by atoms with E-state index in [1.165, 1.54) is 0 Å². The predicted molar refractivity (Wildman–Crippen MR) is 24.8 cm³/mol. The predicted octanol–water partition coefficient (Wildman–Crippen LogP) is 1.86. The van der Waals surface area contributed by atoms with Crippen molar-refractivity contribution in [2.45, 2.75) is 20.8 Å². The summed E-state index contributed by atoms with van der Waals surface area (Å²) < 4.78 is 0. The molecule has 0 nitrogen and oxygen atoms in total. The molecule has 0 radical (unpaired) electrons. The zero-order chi connectivity index (χ0) is 4.50. The van der Waals surface area contributed by atoms with E-state index in [1.54, 1.807) is 0 Å². The average molecular weight is 119 g/mol. The molecule has 0 spiro atoms. The van der Waals surface area contributed by atoms with E-state index in [0.717, 1.165) is 0 Å². The third kappa shape index (κ3) is 127. The van der Waals surface area contributed by atoms with Gasteiger partial charge in [0.2, 0.25) is 0 Å². The monoisotopic (exact) mass is 119 g/mol. The summed E-state index contributed by atoms with van der Waals surface area (Å²) >= 11 is 0. The van der Waals surface area contributed by atoms with Crippen LogP contribution in [0.25, 0.3) is 0 Å². The molecule has 0 heterocycles. The maximum Gasteiger partial charge on any atom is 0 e. The van der Waals surface area contributed by atoms with Gasteiger partial charge in [-0.1, -0.05) is 20.8 Å². The molecule has 0 aliphatic rings. The van der Waals surface area contributed by atoms with E-state index >= 15 is 0 Å². The second-order valence-corrected chi connectivity index (χ2v) is 2.56. The summed E-state index contributed by atoms with van der Waals surface area (Å²) in [5.41, 5.74) is 0.250. The molecule has 0 bridgehead atoms. The van der Waals surface area contributed by atoms with Crippen LogP contribution in [0.2, 0.25) is 0 Å². The van der Waals surface area contributed by atoms with E-state index in [2.05, 4.69) is 27.7 Å². The van der Waals surface area contributed by atoms with Crippen LogP contribution in [0.5, 0.6) is 0 Å². The third-order valence-electron chi connectivity index (χ3n) is 0. The van der Waals surface area contributed by atoms with Crippen molar-refractivity contribution in [1.82, 2.24) is 0 Å². The molecule has 0 amide bonds. The van der Waals surface area contributed by atoms with Crippen LogP contribution in [-0.2, 0) is 21.7 Å². The van der Waals surface area contributed by atoms with Crippen molar-refractivity contribution in [3.63, 3.8) is 0 Å². The van der Waals surface area contributed by atoms with E-state index in [9.17, 15) is 0 Å². The standard InChI is InChI=1S/C5H11.Ti/c1-5(2,3)4;/h1H2,2-4H3;/q-1;. The first kappa shape index (κ1) is 9.86. The molecule has 0 aromatic heterocycles. The quantitative estimate of drug-likeness (QED) is 0.337. The van der Waals surface area contributed by atoms with Gasteiger partial charge in [0.15, 0.2) is 0 Å². The molecular formula is C5H11Ti-. The molecule has 0 aliphatic heterocycles. The van der Waals surface area contributed by atoms with E-state index < -0.39 is 0 Å². The van der Waals surface area contributed by atoms with Crippen molar-refractivity contribution in [3.8, 4) is 0 Å². The molecule has 0 fully saturated rings. The largest absolute Gasteiger partial charge is 0.338 e. The van der Waals surface area contributed by atoms with Gasteiger partial charge in [0, 0.05) is 21.7 Å². The molecule has 0 aliphatic carbocycles. The van der Waals surface area contributed by atoms with Gasteiger partial charge < -0.3 is 6.92 Å². The van der Waals surface area contributed by atoms with Crippen LogP contribution >= 0.6 is 0 Å². The average Bonchev–Trinajstić information content (AvgIpc) is 0.722. The summed E-state index contributed by atoms with van der Waals surface area (Å²) in [6.07, 6.45) is 0. The smallest absolute Gasteiger partial charge is 0 e. The van der Waals surface area contributed by atoms with E-state index in [0.29, 0.717) is 0 Å². The summed E-state index contributed by atoms with van der Waals surface area (Å²) in [5.74, 6) is 0. The Labute approximate surface area is 55.2 Å². The van der Waals surface area contributed by atoms with Crippen LogP contribution in [0.15, 0.2) is 0 Å². The first-order valence-corrected chi connectivity index (χ1v) is 1.85. The second kappa shape index (κ2) is 2.82. The molecular weight excluding hydrogens is 108 g/mol. The van der Waals surface area contributed by atoms with E-state index in [1.807, 2.05) is 0 Å². The maximum absolute atomic E-state index is 3.77. The first-order chi connectivity index (χ1) is 2.00. The topological polar surface area (TPSA) is 0 Å². The van der Waals surface area contributed by atoms with Gasteiger partial charge >= 0.3 is 0 Å². The van der Waals surface area contributed by atoms with Crippen LogP contribution in [0.3, 0.4) is 0 Å². The molecule has 0 saturated heterocycles. The van der Waals surface area contributed by atoms with Gasteiger partial charge in [0.1, 0.15) is 0 Å². The molecule has 0 aromatic rings. The van der Waals surface area contributed by atoms with Gasteiger partial charge in [0.05, 0.1) is 0 Å². The molecule has 0 saturated carbocycles. The third-order valence-corrected chi connectivity index (χ3v) is 0. The minimum atomic E-state index is 0. The molecule has 0 N–H and O–H groups in total. The summed E-state index contributed by atoms with van der Waals surface area (Å²) in [6.45, 7) is 10.0. The van der Waals surface area contributed by atoms with Crippen molar-refractivity contribution in [2.24, 2.45) is 5.41 Å². The minimum Gasteiger partial charge on any atom is -0.338 e. The molecule has 36 valence electrons. The summed E-state index contributed by atoms with van der Waals surface area (Å²) in [5, 5.41) is 0. The zero-order valence-corrected chi connectivity index (χ0v) is 6.27. The second-order valence-electron chi connectivity index (χ2n) is 2.56. The van der Waals surface area contributed by atoms with Crippen molar-refractivity contribution in [1.29, 1.82) is 0 Å². The van der Waals surface area contributed by atoms with Crippen LogP contribution in [0.1, 0.15) is 20.8 Å². The van der Waals surface area contributed by atoms with Gasteiger partial charge in [-0.25, -0.2) is 0 Å². The van der Waals surface area contributed by atoms with E-state index in [4.69, 9.17) is 0 Å². The summed E-state index contributed by atoms with van der Waals surface area (Å²) in [6, 6.07) is 0. The zero-order valence-electron chi connectivity index (χ0n) is 4.71. The number of hydrogen-bond donors (Lipinski definition) is 0. The fraction of sp³-hybridized carbons (Fsp3) is 0.800. The van der Waals surface area contributed by atoms with Crippen molar-refractivity contribution >= 4 is 0 Å². The fourth-order valence-corrected chi connectivity index (χ4v) is 0. The number of hydrogen-bond acceptors (Lipinski definition) is 0. The SMILES string of the molecule is [CH2-]C(C)(C)C.[Ti]. The Kier molecular flexibility index (Phi) is 4.63. The van der Waals surface area contributed by atoms with Gasteiger partial charge in [-0.05, 0) is 0 Å². The Bertz CT molecular complexity index is 19.4. The maximum atomic E-state index is 3.77. The molecule has 1 heteroatoms. The van der Waals surface area contributed by atoms with Gasteiger partial charge in [-0.3, -0.25) is 0 Å². The van der Waals surface area contributed by atoms with Gasteiger partial charge in [0.25, 0.3) is 0 Å². The van der Waals surface area contributed by atoms with Crippen LogP contribution < -0.4 is 0 Å². The van der Waals surface area contributed by atoms with Crippen molar-refractivity contribution in [2.75, 3.05) is 0 Å². The molecule has 6 heavy (non-hydrogen) atoms. The first-order valence-electron chi connectivity index (χ1n) is 1.85. The Morgan fingerprint density at radius 2 is 1.17 bits per heavy atom. The molecule has 0 aromatic carbocycles. The van der Waals surface area contributed by atoms with Crippen molar-refractivity contribution < 1.29 is 21.7 Å². The Morgan fingerprint density at radius 3 is 1.17 bits per heavy atom. The van der Waals surface area contributed by atoms with Crippen LogP contribution in [-0.4, -0.2) is 0 Å². The Balaban J connectivity index is 0. The van der Waals surface area contributed by atoms with Gasteiger partial charge in [-0.2, -0.15) is 5.41 Å². The van der Waals surface area contributed by atoms with Crippen molar-refractivity contribution in [3.05, 3.63) is 6.92 Å². The van der Waals surface area contributed by atoms with Gasteiger partial charge in [-0.15, -0.1) is 0 Å². The van der Waals surface area contributed by atoms with Crippen LogP contribution in [0.4, 0.5) is 0 Å². The summed E-state index contributed by atoms with van der Waals surface area (Å²) in [7, 11) is 0. The summed E-state index contributed by atoms with van der Waals surface area (Å²) in [4.78, 5) is 0.